The smallest absolute Gasteiger partial charge is 0.150 e. The summed E-state index contributed by atoms with van der Waals surface area (Å²) >= 11 is 0. The zero-order valence-electron chi connectivity index (χ0n) is 12.6. The molecule has 1 aromatic carbocycles. The van der Waals surface area contributed by atoms with Gasteiger partial charge in [-0.1, -0.05) is 75.1 Å². The molecule has 0 spiro atoms. The molecular formula is C19H26O. The Labute approximate surface area is 123 Å². The molecule has 0 fully saturated rings. The first kappa shape index (κ1) is 16.4. The first-order valence-electron chi connectivity index (χ1n) is 7.64. The minimum atomic E-state index is 0.579. The summed E-state index contributed by atoms with van der Waals surface area (Å²) in [5.41, 5.74) is 1.88. The number of rotatable bonds is 10. The Kier molecular flexibility index (Phi) is 8.37. The molecule has 1 aromatic rings. The molecule has 1 heteroatoms. The van der Waals surface area contributed by atoms with Crippen molar-refractivity contribution < 1.29 is 4.79 Å². The monoisotopic (exact) mass is 270 g/mol. The third-order valence-corrected chi connectivity index (χ3v) is 3.53. The van der Waals surface area contributed by atoms with Crippen molar-refractivity contribution in [2.45, 2.75) is 45.4 Å². The Bertz CT molecular complexity index is 414. The van der Waals surface area contributed by atoms with Gasteiger partial charge in [-0.3, -0.25) is 4.79 Å². The molecule has 0 N–H and O–H groups in total. The van der Waals surface area contributed by atoms with E-state index >= 15 is 0 Å². The van der Waals surface area contributed by atoms with Crippen molar-refractivity contribution in [2.24, 2.45) is 5.92 Å². The van der Waals surface area contributed by atoms with Crippen LogP contribution in [0.25, 0.3) is 6.08 Å². The van der Waals surface area contributed by atoms with Crippen molar-refractivity contribution in [3.63, 3.8) is 0 Å². The van der Waals surface area contributed by atoms with Crippen LogP contribution in [0.3, 0.4) is 0 Å². The Morgan fingerprint density at radius 3 is 2.40 bits per heavy atom. The highest BCUT2D eigenvalue weighted by molar-refractivity contribution is 5.75. The molecule has 0 aliphatic carbocycles. The van der Waals surface area contributed by atoms with Crippen LogP contribution in [0.2, 0.25) is 0 Å². The summed E-state index contributed by atoms with van der Waals surface area (Å²) in [5.74, 6) is 0.579. The molecule has 0 amide bonds. The lowest BCUT2D eigenvalue weighted by Gasteiger charge is -2.10. The van der Waals surface area contributed by atoms with E-state index in [4.69, 9.17) is 0 Å². The van der Waals surface area contributed by atoms with E-state index in [0.717, 1.165) is 23.8 Å². The first-order valence-corrected chi connectivity index (χ1v) is 7.64. The number of hydrogen-bond acceptors (Lipinski definition) is 1. The van der Waals surface area contributed by atoms with Crippen LogP contribution in [-0.2, 0) is 0 Å². The van der Waals surface area contributed by atoms with E-state index in [-0.39, 0.29) is 0 Å². The molecule has 108 valence electrons. The predicted octanol–water partition coefficient (Wildman–Crippen LogP) is 5.68. The molecule has 1 atom stereocenters. The average Bonchev–Trinajstić information content (AvgIpc) is 2.49. The van der Waals surface area contributed by atoms with Crippen molar-refractivity contribution in [1.82, 2.24) is 0 Å². The van der Waals surface area contributed by atoms with Gasteiger partial charge in [-0.15, -0.1) is 6.58 Å². The van der Waals surface area contributed by atoms with Gasteiger partial charge in [-0.05, 0) is 24.3 Å². The highest BCUT2D eigenvalue weighted by Gasteiger charge is 2.02. The summed E-state index contributed by atoms with van der Waals surface area (Å²) in [7, 11) is 0. The fourth-order valence-corrected chi connectivity index (χ4v) is 2.27. The second-order valence-corrected chi connectivity index (χ2v) is 5.28. The van der Waals surface area contributed by atoms with Gasteiger partial charge in [-0.2, -0.15) is 0 Å². The van der Waals surface area contributed by atoms with Gasteiger partial charge in [0.1, 0.15) is 6.29 Å². The molecule has 20 heavy (non-hydrogen) atoms. The van der Waals surface area contributed by atoms with Crippen molar-refractivity contribution in [1.29, 1.82) is 0 Å². The molecule has 0 bridgehead atoms. The number of benzene rings is 1. The summed E-state index contributed by atoms with van der Waals surface area (Å²) in [6.07, 6.45) is 14.8. The number of hydrogen-bond donors (Lipinski definition) is 0. The second-order valence-electron chi connectivity index (χ2n) is 5.28. The molecule has 0 radical (unpaired) electrons. The van der Waals surface area contributed by atoms with E-state index in [1.807, 2.05) is 30.3 Å². The lowest BCUT2D eigenvalue weighted by Crippen LogP contribution is -1.95. The molecule has 0 aliphatic heterocycles. The van der Waals surface area contributed by atoms with Crippen LogP contribution in [0.1, 0.15) is 61.4 Å². The van der Waals surface area contributed by atoms with Crippen LogP contribution in [0, 0.1) is 5.92 Å². The Balaban J connectivity index is 2.51. The van der Waals surface area contributed by atoms with Gasteiger partial charge in [-0.25, -0.2) is 0 Å². The standard InChI is InChI=1S/C19H26O/c1-3-5-6-7-9-17(8-4-2)10-11-18-12-14-19(16-20)15-13-18/h4,10-17H,2-3,5-9H2,1H3/b11-10-. The van der Waals surface area contributed by atoms with E-state index in [0.29, 0.717) is 5.92 Å². The molecule has 0 aromatic heterocycles. The quantitative estimate of drug-likeness (QED) is 0.304. The zero-order valence-corrected chi connectivity index (χ0v) is 12.6. The summed E-state index contributed by atoms with van der Waals surface area (Å²) in [6.45, 7) is 6.09. The van der Waals surface area contributed by atoms with Crippen molar-refractivity contribution in [3.05, 3.63) is 54.1 Å². The zero-order chi connectivity index (χ0) is 14.6. The van der Waals surface area contributed by atoms with Gasteiger partial charge in [0.15, 0.2) is 0 Å². The molecule has 0 saturated heterocycles. The van der Waals surface area contributed by atoms with Gasteiger partial charge >= 0.3 is 0 Å². The Hall–Kier alpha value is -1.63. The molecule has 1 nitrogen and oxygen atoms in total. The van der Waals surface area contributed by atoms with Crippen LogP contribution in [-0.4, -0.2) is 6.29 Å². The summed E-state index contributed by atoms with van der Waals surface area (Å²) < 4.78 is 0. The topological polar surface area (TPSA) is 17.1 Å². The molecule has 0 aliphatic rings. The third-order valence-electron chi connectivity index (χ3n) is 3.53. The van der Waals surface area contributed by atoms with Gasteiger partial charge in [0.05, 0.1) is 0 Å². The summed E-state index contributed by atoms with van der Waals surface area (Å²) in [6, 6.07) is 7.69. The molecular weight excluding hydrogens is 244 g/mol. The first-order chi connectivity index (χ1) is 9.80. The van der Waals surface area contributed by atoms with Crippen LogP contribution in [0.5, 0.6) is 0 Å². The highest BCUT2D eigenvalue weighted by atomic mass is 16.1. The van der Waals surface area contributed by atoms with E-state index in [1.165, 1.54) is 32.1 Å². The van der Waals surface area contributed by atoms with Crippen molar-refractivity contribution in [2.75, 3.05) is 0 Å². The average molecular weight is 270 g/mol. The number of carbonyl (C=O) groups is 1. The summed E-state index contributed by atoms with van der Waals surface area (Å²) in [5, 5.41) is 0. The van der Waals surface area contributed by atoms with Crippen LogP contribution >= 0.6 is 0 Å². The van der Waals surface area contributed by atoms with E-state index < -0.39 is 0 Å². The number of allylic oxidation sites excluding steroid dienone is 2. The number of carbonyl (C=O) groups excluding carboxylic acids is 1. The van der Waals surface area contributed by atoms with Crippen LogP contribution in [0.4, 0.5) is 0 Å². The van der Waals surface area contributed by atoms with Gasteiger partial charge < -0.3 is 0 Å². The Morgan fingerprint density at radius 1 is 1.10 bits per heavy atom. The highest BCUT2D eigenvalue weighted by Crippen LogP contribution is 2.18. The van der Waals surface area contributed by atoms with Gasteiger partial charge in [0.2, 0.25) is 0 Å². The molecule has 1 rings (SSSR count). The molecule has 0 heterocycles. The minimum absolute atomic E-state index is 0.579. The fraction of sp³-hybridized carbons (Fsp3) is 0.421. The largest absolute Gasteiger partial charge is 0.298 e. The normalized spacial score (nSPS) is 12.4. The predicted molar refractivity (Wildman–Crippen MR) is 87.9 cm³/mol. The maximum absolute atomic E-state index is 10.6. The van der Waals surface area contributed by atoms with E-state index in [1.54, 1.807) is 0 Å². The summed E-state index contributed by atoms with van der Waals surface area (Å²) in [4.78, 5) is 10.6. The van der Waals surface area contributed by atoms with E-state index in [2.05, 4.69) is 25.7 Å². The van der Waals surface area contributed by atoms with Crippen molar-refractivity contribution >= 4 is 12.4 Å². The lowest BCUT2D eigenvalue weighted by molar-refractivity contribution is 0.112. The maximum Gasteiger partial charge on any atom is 0.150 e. The van der Waals surface area contributed by atoms with Gasteiger partial charge in [0.25, 0.3) is 0 Å². The third kappa shape index (κ3) is 6.51. The van der Waals surface area contributed by atoms with Crippen molar-refractivity contribution in [3.8, 4) is 0 Å². The molecule has 1 unspecified atom stereocenters. The maximum atomic E-state index is 10.6. The van der Waals surface area contributed by atoms with Crippen LogP contribution < -0.4 is 0 Å². The SMILES string of the molecule is C=CCC(/C=C\c1ccc(C=O)cc1)CCCCCC. The number of unbranched alkanes of at least 4 members (excludes halogenated alkanes) is 3. The fourth-order valence-electron chi connectivity index (χ4n) is 2.27. The van der Waals surface area contributed by atoms with E-state index in [9.17, 15) is 4.79 Å². The molecule has 0 saturated carbocycles. The second kappa shape index (κ2) is 10.2. The number of aldehydes is 1. The lowest BCUT2D eigenvalue weighted by atomic mass is 9.96. The minimum Gasteiger partial charge on any atom is -0.298 e. The van der Waals surface area contributed by atoms with Gasteiger partial charge in [0, 0.05) is 5.56 Å². The van der Waals surface area contributed by atoms with Crippen LogP contribution in [0.15, 0.2) is 43.0 Å². The Morgan fingerprint density at radius 2 is 1.80 bits per heavy atom.